The molecule has 0 saturated heterocycles. The third kappa shape index (κ3) is 2.56. The summed E-state index contributed by atoms with van der Waals surface area (Å²) in [5.74, 6) is -0.459. The van der Waals surface area contributed by atoms with Gasteiger partial charge < -0.3 is 4.74 Å². The van der Waals surface area contributed by atoms with Crippen LogP contribution in [0.25, 0.3) is 22.3 Å². The molecule has 1 atom stereocenters. The molecule has 0 N–H and O–H groups in total. The summed E-state index contributed by atoms with van der Waals surface area (Å²) in [6.45, 7) is 1.99. The van der Waals surface area contributed by atoms with Crippen LogP contribution >= 0.6 is 0 Å². The van der Waals surface area contributed by atoms with Crippen LogP contribution < -0.4 is 4.74 Å². The van der Waals surface area contributed by atoms with Gasteiger partial charge in [0.1, 0.15) is 23.5 Å². The van der Waals surface area contributed by atoms with Crippen molar-refractivity contribution in [2.75, 3.05) is 0 Å². The Morgan fingerprint density at radius 3 is 2.42 bits per heavy atom. The molecule has 4 rings (SSSR count). The maximum atomic E-state index is 14.3. The van der Waals surface area contributed by atoms with E-state index in [0.29, 0.717) is 16.9 Å². The Kier molecular flexibility index (Phi) is 3.57. The van der Waals surface area contributed by atoms with Crippen molar-refractivity contribution in [2.24, 2.45) is 0 Å². The van der Waals surface area contributed by atoms with Crippen LogP contribution in [0.15, 0.2) is 60.7 Å². The number of hydrogen-bond donors (Lipinski definition) is 0. The van der Waals surface area contributed by atoms with Gasteiger partial charge in [0.05, 0.1) is 0 Å². The molecule has 0 saturated carbocycles. The summed E-state index contributed by atoms with van der Waals surface area (Å²) < 4.78 is 33.5. The van der Waals surface area contributed by atoms with Crippen molar-refractivity contribution in [3.63, 3.8) is 0 Å². The minimum absolute atomic E-state index is 0.0493. The van der Waals surface area contributed by atoms with E-state index in [4.69, 9.17) is 4.74 Å². The van der Waals surface area contributed by atoms with Crippen LogP contribution in [0.5, 0.6) is 5.75 Å². The van der Waals surface area contributed by atoms with Crippen LogP contribution in [-0.2, 0) is 6.42 Å². The highest BCUT2D eigenvalue weighted by Crippen LogP contribution is 2.42. The van der Waals surface area contributed by atoms with Crippen molar-refractivity contribution in [1.82, 2.24) is 0 Å². The number of rotatable bonds is 2. The second-order valence-electron chi connectivity index (χ2n) is 6.13. The number of hydrogen-bond acceptors (Lipinski definition) is 1. The molecule has 3 aromatic rings. The first kappa shape index (κ1) is 14.9. The van der Waals surface area contributed by atoms with E-state index in [-0.39, 0.29) is 6.10 Å². The van der Waals surface area contributed by atoms with Crippen LogP contribution in [0.2, 0.25) is 0 Å². The van der Waals surface area contributed by atoms with Crippen molar-refractivity contribution < 1.29 is 13.5 Å². The molecule has 1 aliphatic heterocycles. The summed E-state index contributed by atoms with van der Waals surface area (Å²) in [6.07, 6.45) is 0.833. The summed E-state index contributed by atoms with van der Waals surface area (Å²) in [4.78, 5) is 0. The fraction of sp³-hybridized carbons (Fsp3) is 0.143. The second-order valence-corrected chi connectivity index (χ2v) is 6.13. The lowest BCUT2D eigenvalue weighted by Crippen LogP contribution is -2.05. The molecule has 120 valence electrons. The molecule has 3 heteroatoms. The normalized spacial score (nSPS) is 15.9. The predicted molar refractivity (Wildman–Crippen MR) is 91.0 cm³/mol. The van der Waals surface area contributed by atoms with Crippen LogP contribution in [0.1, 0.15) is 12.5 Å². The smallest absolute Gasteiger partial charge is 0.134 e. The number of benzene rings is 3. The lowest BCUT2D eigenvalue weighted by Gasteiger charge is -2.13. The Morgan fingerprint density at radius 1 is 0.875 bits per heavy atom. The lowest BCUT2D eigenvalue weighted by molar-refractivity contribution is 0.255. The van der Waals surface area contributed by atoms with E-state index < -0.39 is 11.6 Å². The number of halogens is 2. The molecule has 0 spiro atoms. The second kappa shape index (κ2) is 5.75. The van der Waals surface area contributed by atoms with Gasteiger partial charge in [0.15, 0.2) is 0 Å². The van der Waals surface area contributed by atoms with Crippen molar-refractivity contribution >= 4 is 0 Å². The van der Waals surface area contributed by atoms with Gasteiger partial charge in [-0.1, -0.05) is 30.3 Å². The molecule has 1 aliphatic rings. The standard InChI is InChI=1S/C21H16F2O/c1-13-9-16-10-15(14-5-3-2-4-6-14)11-19(21(16)24-13)18-8-7-17(22)12-20(18)23/h2-8,10-13H,9H2,1H3. The highest BCUT2D eigenvalue weighted by Gasteiger charge is 2.25. The van der Waals surface area contributed by atoms with Gasteiger partial charge in [-0.15, -0.1) is 0 Å². The Hall–Kier alpha value is -2.68. The Balaban J connectivity index is 1.94. The van der Waals surface area contributed by atoms with Crippen LogP contribution in [0, 0.1) is 11.6 Å². The molecule has 0 radical (unpaired) electrons. The third-order valence-corrected chi connectivity index (χ3v) is 4.32. The van der Waals surface area contributed by atoms with E-state index in [1.807, 2.05) is 43.3 Å². The maximum absolute atomic E-state index is 14.3. The quantitative estimate of drug-likeness (QED) is 0.595. The SMILES string of the molecule is CC1Cc2cc(-c3ccccc3)cc(-c3ccc(F)cc3F)c2O1. The van der Waals surface area contributed by atoms with E-state index in [1.54, 1.807) is 0 Å². The van der Waals surface area contributed by atoms with E-state index in [9.17, 15) is 8.78 Å². The molecule has 1 unspecified atom stereocenters. The molecule has 1 nitrogen and oxygen atoms in total. The summed E-state index contributed by atoms with van der Waals surface area (Å²) in [5, 5.41) is 0. The first-order chi connectivity index (χ1) is 11.6. The van der Waals surface area contributed by atoms with Gasteiger partial charge in [-0.05, 0) is 47.9 Å². The van der Waals surface area contributed by atoms with Gasteiger partial charge in [-0.2, -0.15) is 0 Å². The molecule has 0 fully saturated rings. The van der Waals surface area contributed by atoms with Gasteiger partial charge >= 0.3 is 0 Å². The Labute approximate surface area is 139 Å². The summed E-state index contributed by atoms with van der Waals surface area (Å²) in [5.41, 5.74) is 4.16. The van der Waals surface area contributed by atoms with E-state index in [2.05, 4.69) is 6.07 Å². The molecule has 24 heavy (non-hydrogen) atoms. The molecule has 0 bridgehead atoms. The largest absolute Gasteiger partial charge is 0.489 e. The molecule has 1 heterocycles. The van der Waals surface area contributed by atoms with Crippen molar-refractivity contribution in [1.29, 1.82) is 0 Å². The minimum atomic E-state index is -0.582. The van der Waals surface area contributed by atoms with Gasteiger partial charge in [0, 0.05) is 23.6 Å². The average Bonchev–Trinajstić information content (AvgIpc) is 2.95. The molecule has 0 amide bonds. The van der Waals surface area contributed by atoms with Gasteiger partial charge in [0.2, 0.25) is 0 Å². The summed E-state index contributed by atoms with van der Waals surface area (Å²) in [6, 6.07) is 17.6. The third-order valence-electron chi connectivity index (χ3n) is 4.32. The van der Waals surface area contributed by atoms with E-state index in [1.165, 1.54) is 12.1 Å². The van der Waals surface area contributed by atoms with Crippen LogP contribution in [0.4, 0.5) is 8.78 Å². The van der Waals surface area contributed by atoms with Crippen LogP contribution in [-0.4, -0.2) is 6.10 Å². The molecule has 3 aromatic carbocycles. The van der Waals surface area contributed by atoms with Gasteiger partial charge in [-0.25, -0.2) is 8.78 Å². The zero-order chi connectivity index (χ0) is 16.7. The first-order valence-electron chi connectivity index (χ1n) is 7.96. The van der Waals surface area contributed by atoms with Gasteiger partial charge in [-0.3, -0.25) is 0 Å². The highest BCUT2D eigenvalue weighted by atomic mass is 19.1. The van der Waals surface area contributed by atoms with Crippen molar-refractivity contribution in [3.8, 4) is 28.0 Å². The zero-order valence-corrected chi connectivity index (χ0v) is 13.2. The molecule has 0 aromatic heterocycles. The fourth-order valence-corrected chi connectivity index (χ4v) is 3.24. The minimum Gasteiger partial charge on any atom is -0.489 e. The Bertz CT molecular complexity index is 903. The van der Waals surface area contributed by atoms with E-state index in [0.717, 1.165) is 29.2 Å². The number of ether oxygens (including phenoxy) is 1. The summed E-state index contributed by atoms with van der Waals surface area (Å²) in [7, 11) is 0. The molecular formula is C21H16F2O. The molecule has 0 aliphatic carbocycles. The monoisotopic (exact) mass is 322 g/mol. The topological polar surface area (TPSA) is 9.23 Å². The summed E-state index contributed by atoms with van der Waals surface area (Å²) >= 11 is 0. The molecular weight excluding hydrogens is 306 g/mol. The zero-order valence-electron chi connectivity index (χ0n) is 13.2. The predicted octanol–water partition coefficient (Wildman–Crippen LogP) is 5.62. The lowest BCUT2D eigenvalue weighted by atomic mass is 9.94. The fourth-order valence-electron chi connectivity index (χ4n) is 3.24. The maximum Gasteiger partial charge on any atom is 0.134 e. The van der Waals surface area contributed by atoms with Crippen molar-refractivity contribution in [2.45, 2.75) is 19.4 Å². The number of fused-ring (bicyclic) bond motifs is 1. The first-order valence-corrected chi connectivity index (χ1v) is 7.96. The average molecular weight is 322 g/mol. The van der Waals surface area contributed by atoms with Crippen molar-refractivity contribution in [3.05, 3.63) is 77.9 Å². The van der Waals surface area contributed by atoms with E-state index >= 15 is 0 Å². The van der Waals surface area contributed by atoms with Crippen LogP contribution in [0.3, 0.4) is 0 Å². The van der Waals surface area contributed by atoms with Gasteiger partial charge in [0.25, 0.3) is 0 Å². The Morgan fingerprint density at radius 2 is 1.67 bits per heavy atom. The highest BCUT2D eigenvalue weighted by molar-refractivity contribution is 5.80.